The Labute approximate surface area is 121 Å². The molecule has 1 fully saturated rings. The van der Waals surface area contributed by atoms with Gasteiger partial charge in [-0.3, -0.25) is 10.1 Å². The maximum atomic E-state index is 12.5. The van der Waals surface area contributed by atoms with Crippen LogP contribution in [0.5, 0.6) is 0 Å². The van der Waals surface area contributed by atoms with E-state index in [4.69, 9.17) is 17.3 Å². The molecule has 2 rings (SSSR count). The lowest BCUT2D eigenvalue weighted by atomic mass is 10.2. The van der Waals surface area contributed by atoms with Gasteiger partial charge in [-0.1, -0.05) is 11.6 Å². The second-order valence-corrected chi connectivity index (χ2v) is 6.95. The number of hydrogen-bond acceptors (Lipinski definition) is 5. The second kappa shape index (κ2) is 5.28. The van der Waals surface area contributed by atoms with Gasteiger partial charge in [-0.05, 0) is 19.4 Å². The normalized spacial score (nSPS) is 23.9. The first kappa shape index (κ1) is 15.2. The van der Waals surface area contributed by atoms with Gasteiger partial charge in [-0.15, -0.1) is 0 Å². The Morgan fingerprint density at radius 3 is 2.60 bits per heavy atom. The summed E-state index contributed by atoms with van der Waals surface area (Å²) in [5.41, 5.74) is 5.57. The Morgan fingerprint density at radius 1 is 1.50 bits per heavy atom. The number of hydrogen-bond donors (Lipinski definition) is 1. The fraction of sp³-hybridized carbons (Fsp3) is 0.455. The molecule has 0 saturated carbocycles. The molecule has 2 atom stereocenters. The van der Waals surface area contributed by atoms with Gasteiger partial charge in [0.05, 0.1) is 9.95 Å². The van der Waals surface area contributed by atoms with Crippen LogP contribution in [0.4, 0.5) is 5.69 Å². The molecular formula is C11H14ClN3O4S. The molecule has 1 aliphatic rings. The molecule has 0 aliphatic carbocycles. The highest BCUT2D eigenvalue weighted by atomic mass is 35.5. The molecule has 1 aromatic rings. The summed E-state index contributed by atoms with van der Waals surface area (Å²) >= 11 is 5.88. The van der Waals surface area contributed by atoms with E-state index in [0.717, 1.165) is 18.2 Å². The SMILES string of the molecule is CC1C(N)CCN1S(=O)(=O)c1ccc([N+](=O)[O-])cc1Cl. The number of nitro groups is 1. The Kier molecular flexibility index (Phi) is 4.01. The van der Waals surface area contributed by atoms with Gasteiger partial charge in [0.1, 0.15) is 4.90 Å². The summed E-state index contributed by atoms with van der Waals surface area (Å²) in [7, 11) is -3.80. The number of nitro benzene ring substituents is 1. The molecule has 2 N–H and O–H groups in total. The summed E-state index contributed by atoms with van der Waals surface area (Å²) in [6.45, 7) is 2.05. The van der Waals surface area contributed by atoms with Crippen LogP contribution in [0, 0.1) is 10.1 Å². The topological polar surface area (TPSA) is 107 Å². The predicted molar refractivity (Wildman–Crippen MR) is 74.1 cm³/mol. The van der Waals surface area contributed by atoms with E-state index in [9.17, 15) is 18.5 Å². The molecular weight excluding hydrogens is 306 g/mol. The van der Waals surface area contributed by atoms with Crippen molar-refractivity contribution in [2.45, 2.75) is 30.3 Å². The van der Waals surface area contributed by atoms with Crippen LogP contribution >= 0.6 is 11.6 Å². The zero-order valence-electron chi connectivity index (χ0n) is 10.7. The Balaban J connectivity index is 2.43. The highest BCUT2D eigenvalue weighted by Gasteiger charge is 2.38. The van der Waals surface area contributed by atoms with E-state index in [1.807, 2.05) is 0 Å². The molecule has 9 heteroatoms. The molecule has 7 nitrogen and oxygen atoms in total. The minimum atomic E-state index is -3.80. The molecule has 1 aromatic carbocycles. The Morgan fingerprint density at radius 2 is 2.15 bits per heavy atom. The lowest BCUT2D eigenvalue weighted by molar-refractivity contribution is -0.384. The molecule has 0 aromatic heterocycles. The summed E-state index contributed by atoms with van der Waals surface area (Å²) in [4.78, 5) is 9.87. The third-order valence-corrected chi connectivity index (χ3v) is 5.94. The fourth-order valence-electron chi connectivity index (χ4n) is 2.21. The molecule has 20 heavy (non-hydrogen) atoms. The van der Waals surface area contributed by atoms with Crippen molar-refractivity contribution in [1.82, 2.24) is 4.31 Å². The molecule has 0 bridgehead atoms. The number of benzene rings is 1. The van der Waals surface area contributed by atoms with Crippen LogP contribution < -0.4 is 5.73 Å². The van der Waals surface area contributed by atoms with E-state index in [2.05, 4.69) is 0 Å². The first-order valence-electron chi connectivity index (χ1n) is 5.96. The van der Waals surface area contributed by atoms with E-state index in [0.29, 0.717) is 13.0 Å². The molecule has 1 heterocycles. The molecule has 0 spiro atoms. The number of sulfonamides is 1. The average Bonchev–Trinajstić information content (AvgIpc) is 2.70. The second-order valence-electron chi connectivity index (χ2n) is 4.68. The van der Waals surface area contributed by atoms with Gasteiger partial charge in [0.15, 0.2) is 0 Å². The lowest BCUT2D eigenvalue weighted by Crippen LogP contribution is -2.40. The smallest absolute Gasteiger partial charge is 0.271 e. The van der Waals surface area contributed by atoms with Gasteiger partial charge in [0.25, 0.3) is 5.69 Å². The zero-order valence-corrected chi connectivity index (χ0v) is 12.3. The number of halogens is 1. The number of nitrogens with zero attached hydrogens (tertiary/aromatic N) is 2. The van der Waals surface area contributed by atoms with Crippen molar-refractivity contribution in [3.8, 4) is 0 Å². The standard InChI is InChI=1S/C11H14ClN3O4S/c1-7-10(13)4-5-14(7)20(18,19)11-3-2-8(15(16)17)6-9(11)12/h2-3,6-7,10H,4-5,13H2,1H3. The van der Waals surface area contributed by atoms with Gasteiger partial charge in [0, 0.05) is 30.8 Å². The molecule has 1 aliphatic heterocycles. The quantitative estimate of drug-likeness (QED) is 0.668. The van der Waals surface area contributed by atoms with E-state index >= 15 is 0 Å². The number of non-ortho nitro benzene ring substituents is 1. The van der Waals surface area contributed by atoms with Crippen LogP contribution in [-0.4, -0.2) is 36.3 Å². The van der Waals surface area contributed by atoms with Crippen molar-refractivity contribution in [1.29, 1.82) is 0 Å². The van der Waals surface area contributed by atoms with Crippen molar-refractivity contribution >= 4 is 27.3 Å². The first-order chi connectivity index (χ1) is 9.25. The summed E-state index contributed by atoms with van der Waals surface area (Å²) in [6.07, 6.45) is 0.574. The van der Waals surface area contributed by atoms with Crippen LogP contribution in [-0.2, 0) is 10.0 Å². The maximum absolute atomic E-state index is 12.5. The highest BCUT2D eigenvalue weighted by Crippen LogP contribution is 2.31. The molecule has 0 amide bonds. The molecule has 0 radical (unpaired) electrons. The summed E-state index contributed by atoms with van der Waals surface area (Å²) in [5.74, 6) is 0. The van der Waals surface area contributed by atoms with Crippen LogP contribution in [0.25, 0.3) is 0 Å². The van der Waals surface area contributed by atoms with Crippen LogP contribution in [0.15, 0.2) is 23.1 Å². The van der Waals surface area contributed by atoms with Crippen LogP contribution in [0.2, 0.25) is 5.02 Å². The van der Waals surface area contributed by atoms with E-state index in [-0.39, 0.29) is 27.7 Å². The minimum absolute atomic E-state index is 0.134. The van der Waals surface area contributed by atoms with Gasteiger partial charge in [0.2, 0.25) is 10.0 Å². The lowest BCUT2D eigenvalue weighted by Gasteiger charge is -2.23. The van der Waals surface area contributed by atoms with Gasteiger partial charge < -0.3 is 5.73 Å². The van der Waals surface area contributed by atoms with E-state index in [1.165, 1.54) is 4.31 Å². The highest BCUT2D eigenvalue weighted by molar-refractivity contribution is 7.89. The van der Waals surface area contributed by atoms with Crippen molar-refractivity contribution in [3.05, 3.63) is 33.3 Å². The summed E-state index contributed by atoms with van der Waals surface area (Å²) in [6, 6.07) is 2.77. The Bertz CT molecular complexity index is 649. The molecule has 2 unspecified atom stereocenters. The third kappa shape index (κ3) is 2.51. The van der Waals surface area contributed by atoms with E-state index < -0.39 is 14.9 Å². The van der Waals surface area contributed by atoms with E-state index in [1.54, 1.807) is 6.92 Å². The molecule has 1 saturated heterocycles. The fourth-order valence-corrected chi connectivity index (χ4v) is 4.42. The third-order valence-electron chi connectivity index (χ3n) is 3.47. The largest absolute Gasteiger partial charge is 0.326 e. The Hall–Kier alpha value is -1.22. The summed E-state index contributed by atoms with van der Waals surface area (Å²) in [5, 5.41) is 10.5. The van der Waals surface area contributed by atoms with Gasteiger partial charge in [-0.25, -0.2) is 8.42 Å². The number of rotatable bonds is 3. The number of nitrogens with two attached hydrogens (primary N) is 1. The average molecular weight is 320 g/mol. The van der Waals surface area contributed by atoms with Gasteiger partial charge in [-0.2, -0.15) is 4.31 Å². The maximum Gasteiger partial charge on any atom is 0.271 e. The monoisotopic (exact) mass is 319 g/mol. The molecule has 110 valence electrons. The van der Waals surface area contributed by atoms with Crippen LogP contribution in [0.1, 0.15) is 13.3 Å². The van der Waals surface area contributed by atoms with Crippen LogP contribution in [0.3, 0.4) is 0 Å². The van der Waals surface area contributed by atoms with Crippen molar-refractivity contribution in [2.75, 3.05) is 6.54 Å². The zero-order chi connectivity index (χ0) is 15.1. The first-order valence-corrected chi connectivity index (χ1v) is 7.78. The minimum Gasteiger partial charge on any atom is -0.326 e. The van der Waals surface area contributed by atoms with Gasteiger partial charge >= 0.3 is 0 Å². The van der Waals surface area contributed by atoms with Crippen molar-refractivity contribution < 1.29 is 13.3 Å². The van der Waals surface area contributed by atoms with Crippen molar-refractivity contribution in [2.24, 2.45) is 5.73 Å². The summed E-state index contributed by atoms with van der Waals surface area (Å²) < 4.78 is 26.3. The predicted octanol–water partition coefficient (Wildman–Crippen LogP) is 1.36. The van der Waals surface area contributed by atoms with Crippen molar-refractivity contribution in [3.63, 3.8) is 0 Å².